The molecular weight excluding hydrogens is 420 g/mol. The fourth-order valence-electron chi connectivity index (χ4n) is 1.46. The van der Waals surface area contributed by atoms with E-state index < -0.39 is 0 Å². The van der Waals surface area contributed by atoms with E-state index in [4.69, 9.17) is 0 Å². The number of para-hydroxylation sites is 1. The molecule has 0 radical (unpaired) electrons. The number of anilines is 1. The molecule has 0 amide bonds. The zero-order valence-corrected chi connectivity index (χ0v) is 13.2. The molecule has 0 atom stereocenters. The first-order valence-corrected chi connectivity index (χ1v) is 4.95. The van der Waals surface area contributed by atoms with Crippen LogP contribution in [0.4, 0.5) is 5.69 Å². The van der Waals surface area contributed by atoms with Crippen molar-refractivity contribution in [3.63, 3.8) is 0 Å². The fraction of sp³-hybridized carbons (Fsp3) is 0.0714. The first kappa shape index (κ1) is 13.4. The Morgan fingerprint density at radius 1 is 1.00 bits per heavy atom. The fourth-order valence-corrected chi connectivity index (χ4v) is 1.46. The van der Waals surface area contributed by atoms with Crippen molar-refractivity contribution < 1.29 is 31.1 Å². The maximum Gasteiger partial charge on any atom is 2.00 e. The summed E-state index contributed by atoms with van der Waals surface area (Å²) < 4.78 is 0. The molecule has 0 saturated heterocycles. The van der Waals surface area contributed by atoms with Gasteiger partial charge in [-0.05, 0) is 18.7 Å². The molecule has 0 spiro atoms. The second-order valence-electron chi connectivity index (χ2n) is 3.42. The van der Waals surface area contributed by atoms with Crippen molar-refractivity contribution in [3.8, 4) is 0 Å². The molecule has 0 aliphatic carbocycles. The van der Waals surface area contributed by atoms with Gasteiger partial charge in [0.15, 0.2) is 0 Å². The van der Waals surface area contributed by atoms with Crippen LogP contribution in [-0.2, 0) is 6.54 Å². The summed E-state index contributed by atoms with van der Waals surface area (Å²) >= 11 is 0. The molecule has 0 unspecified atom stereocenters. The van der Waals surface area contributed by atoms with E-state index in [1.165, 1.54) is 0 Å². The minimum Gasteiger partial charge on any atom is -0.523 e. The van der Waals surface area contributed by atoms with Crippen molar-refractivity contribution in [2.24, 2.45) is 0 Å². The van der Waals surface area contributed by atoms with Gasteiger partial charge in [0, 0.05) is 5.69 Å². The molecular formula is C14H13NU. The van der Waals surface area contributed by atoms with E-state index in [-0.39, 0.29) is 31.1 Å². The summed E-state index contributed by atoms with van der Waals surface area (Å²) in [6.07, 6.45) is 0. The van der Waals surface area contributed by atoms with Gasteiger partial charge in [-0.15, -0.1) is 5.56 Å². The summed E-state index contributed by atoms with van der Waals surface area (Å²) in [5, 5.41) is 0. The number of hydrogen-bond acceptors (Lipinski definition) is 1. The Bertz CT molecular complexity index is 400. The zero-order valence-electron chi connectivity index (χ0n) is 9.06. The number of hydrogen-bond donors (Lipinski definition) is 0. The van der Waals surface area contributed by atoms with E-state index in [0.29, 0.717) is 0 Å². The SMILES string of the molecule is [CH2-]N(Cc1[c-]cccc1)c1ccccc1.[U+2]. The van der Waals surface area contributed by atoms with Crippen LogP contribution in [-0.4, -0.2) is 0 Å². The average Bonchev–Trinajstić information content (AvgIpc) is 2.31. The van der Waals surface area contributed by atoms with Crippen LogP contribution in [0.1, 0.15) is 5.56 Å². The maximum atomic E-state index is 4.02. The van der Waals surface area contributed by atoms with E-state index in [1.54, 1.807) is 0 Å². The van der Waals surface area contributed by atoms with Gasteiger partial charge in [-0.25, -0.2) is 0 Å². The molecule has 2 rings (SSSR count). The van der Waals surface area contributed by atoms with Gasteiger partial charge in [0.2, 0.25) is 0 Å². The minimum atomic E-state index is 0. The summed E-state index contributed by atoms with van der Waals surface area (Å²) in [5.41, 5.74) is 2.27. The standard InChI is InChI=1S/C14H13N.U/c1-15(14-10-6-3-7-11-14)12-13-8-4-2-5-9-13;/h2-8,10-11H,1,12H2;/q-2;+2. The quantitative estimate of drug-likeness (QED) is 0.672. The first-order valence-electron chi connectivity index (χ1n) is 4.95. The predicted molar refractivity (Wildman–Crippen MR) is 63.3 cm³/mol. The van der Waals surface area contributed by atoms with E-state index in [0.717, 1.165) is 17.8 Å². The molecule has 78 valence electrons. The largest absolute Gasteiger partial charge is 2.00 e. The molecule has 0 heterocycles. The summed E-state index contributed by atoms with van der Waals surface area (Å²) in [6, 6.07) is 21.3. The predicted octanol–water partition coefficient (Wildman–Crippen LogP) is 3.28. The molecule has 1 nitrogen and oxygen atoms in total. The molecule has 0 aromatic heterocycles. The third-order valence-corrected chi connectivity index (χ3v) is 2.26. The van der Waals surface area contributed by atoms with Crippen molar-refractivity contribution in [2.75, 3.05) is 4.90 Å². The van der Waals surface area contributed by atoms with Gasteiger partial charge >= 0.3 is 31.1 Å². The van der Waals surface area contributed by atoms with Gasteiger partial charge in [0.1, 0.15) is 0 Å². The number of rotatable bonds is 3. The van der Waals surface area contributed by atoms with Crippen LogP contribution < -0.4 is 4.90 Å². The number of benzene rings is 2. The molecule has 16 heavy (non-hydrogen) atoms. The zero-order chi connectivity index (χ0) is 10.5. The molecule has 0 aliphatic heterocycles. The van der Waals surface area contributed by atoms with Gasteiger partial charge < -0.3 is 4.90 Å². The van der Waals surface area contributed by atoms with Crippen LogP contribution >= 0.6 is 0 Å². The molecule has 2 aromatic rings. The van der Waals surface area contributed by atoms with Crippen LogP contribution in [0.15, 0.2) is 54.6 Å². The molecule has 2 heteroatoms. The van der Waals surface area contributed by atoms with Crippen LogP contribution in [0, 0.1) is 44.2 Å². The Labute approximate surface area is 121 Å². The molecule has 0 fully saturated rings. The maximum absolute atomic E-state index is 4.02. The third-order valence-electron chi connectivity index (χ3n) is 2.26. The summed E-state index contributed by atoms with van der Waals surface area (Å²) in [5.74, 6) is 0. The van der Waals surface area contributed by atoms with Gasteiger partial charge in [0.25, 0.3) is 0 Å². The normalized spacial score (nSPS) is 9.31. The van der Waals surface area contributed by atoms with Gasteiger partial charge in [-0.1, -0.05) is 18.2 Å². The third kappa shape index (κ3) is 3.70. The summed E-state index contributed by atoms with van der Waals surface area (Å²) in [6.45, 7) is 0.783. The van der Waals surface area contributed by atoms with Crippen LogP contribution in [0.5, 0.6) is 0 Å². The van der Waals surface area contributed by atoms with Crippen LogP contribution in [0.3, 0.4) is 0 Å². The van der Waals surface area contributed by atoms with E-state index in [9.17, 15) is 0 Å². The average molecular weight is 433 g/mol. The van der Waals surface area contributed by atoms with Gasteiger partial charge in [-0.2, -0.15) is 30.3 Å². The Balaban J connectivity index is 0.00000128. The second kappa shape index (κ2) is 6.78. The molecule has 0 saturated carbocycles. The Hall–Kier alpha value is -0.708. The van der Waals surface area contributed by atoms with Gasteiger partial charge in [-0.3, -0.25) is 7.05 Å². The molecule has 2 aromatic carbocycles. The minimum absolute atomic E-state index is 0. The van der Waals surface area contributed by atoms with Crippen molar-refractivity contribution in [1.29, 1.82) is 0 Å². The number of nitrogens with zero attached hydrogens (tertiary/aromatic N) is 1. The molecule has 0 aliphatic rings. The van der Waals surface area contributed by atoms with Crippen molar-refractivity contribution in [2.45, 2.75) is 6.54 Å². The van der Waals surface area contributed by atoms with Crippen LogP contribution in [0.2, 0.25) is 0 Å². The smallest absolute Gasteiger partial charge is 0.523 e. The van der Waals surface area contributed by atoms with Crippen LogP contribution in [0.25, 0.3) is 0 Å². The van der Waals surface area contributed by atoms with E-state index in [2.05, 4.69) is 31.3 Å². The van der Waals surface area contributed by atoms with Crippen molar-refractivity contribution in [3.05, 3.63) is 73.3 Å². The van der Waals surface area contributed by atoms with Gasteiger partial charge in [0.05, 0.1) is 0 Å². The van der Waals surface area contributed by atoms with E-state index >= 15 is 0 Å². The second-order valence-corrected chi connectivity index (χ2v) is 3.42. The molecule has 0 N–H and O–H groups in total. The topological polar surface area (TPSA) is 3.24 Å². The first-order chi connectivity index (χ1) is 7.36. The summed E-state index contributed by atoms with van der Waals surface area (Å²) in [7, 11) is 4.02. The van der Waals surface area contributed by atoms with E-state index in [1.807, 2.05) is 41.3 Å². The monoisotopic (exact) mass is 433 g/mol. The Morgan fingerprint density at radius 2 is 1.69 bits per heavy atom. The summed E-state index contributed by atoms with van der Waals surface area (Å²) in [4.78, 5) is 1.96. The molecule has 0 bridgehead atoms. The Kier molecular flexibility index (Phi) is 5.66. The Morgan fingerprint density at radius 3 is 2.31 bits per heavy atom. The van der Waals surface area contributed by atoms with Crippen molar-refractivity contribution in [1.82, 2.24) is 0 Å². The van der Waals surface area contributed by atoms with Crippen molar-refractivity contribution >= 4 is 5.69 Å².